The van der Waals surface area contributed by atoms with Gasteiger partial charge in [-0.2, -0.15) is 14.6 Å². The molecule has 1 saturated heterocycles. The van der Waals surface area contributed by atoms with Gasteiger partial charge in [0, 0.05) is 24.7 Å². The van der Waals surface area contributed by atoms with Crippen molar-refractivity contribution in [3.05, 3.63) is 39.7 Å². The number of nitrogen functional groups attached to an aromatic ring is 1. The lowest BCUT2D eigenvalue weighted by molar-refractivity contribution is -0.134. The largest absolute Gasteiger partial charge is 0.368 e. The third kappa shape index (κ3) is 4.08. The van der Waals surface area contributed by atoms with Crippen LogP contribution >= 0.6 is 22.9 Å². The minimum atomic E-state index is 0.0183. The van der Waals surface area contributed by atoms with Gasteiger partial charge in [0.1, 0.15) is 0 Å². The molecular weight excluding hydrogens is 486 g/mol. The second kappa shape index (κ2) is 8.72. The number of likely N-dealkylation sites (tertiary alicyclic amines) is 1. The number of thiophene rings is 1. The number of fused-ring (bicyclic) bond motifs is 2. The molecule has 2 aliphatic rings. The molecule has 1 unspecified atom stereocenters. The normalized spacial score (nSPS) is 17.7. The Labute approximate surface area is 210 Å². The van der Waals surface area contributed by atoms with Gasteiger partial charge in [-0.25, -0.2) is 4.98 Å². The topological polar surface area (TPSA) is 128 Å². The number of hydrogen-bond donors (Lipinski definition) is 2. The molecule has 0 radical (unpaired) electrons. The number of nitrogens with two attached hydrogens (primary N) is 1. The first kappa shape index (κ1) is 22.2. The smallest absolute Gasteiger partial charge is 0.248 e. The van der Waals surface area contributed by atoms with Crippen molar-refractivity contribution in [2.45, 2.75) is 39.0 Å². The zero-order chi connectivity index (χ0) is 24.1. The molecule has 1 atom stereocenters. The Kier molecular flexibility index (Phi) is 5.53. The molecule has 1 aliphatic heterocycles. The highest BCUT2D eigenvalue weighted by molar-refractivity contribution is 7.17. The zero-order valence-corrected chi connectivity index (χ0v) is 20.7. The van der Waals surface area contributed by atoms with Crippen LogP contribution < -0.4 is 11.1 Å². The molecule has 1 fully saturated rings. The van der Waals surface area contributed by atoms with Gasteiger partial charge in [-0.1, -0.05) is 0 Å². The highest BCUT2D eigenvalue weighted by Crippen LogP contribution is 2.32. The van der Waals surface area contributed by atoms with E-state index in [4.69, 9.17) is 17.3 Å². The molecule has 12 heteroatoms. The molecule has 35 heavy (non-hydrogen) atoms. The minimum Gasteiger partial charge on any atom is -0.368 e. The van der Waals surface area contributed by atoms with E-state index < -0.39 is 0 Å². The predicted molar refractivity (Wildman–Crippen MR) is 135 cm³/mol. The Morgan fingerprint density at radius 3 is 2.91 bits per heavy atom. The highest BCUT2D eigenvalue weighted by atomic mass is 35.5. The third-order valence-corrected chi connectivity index (χ3v) is 7.91. The van der Waals surface area contributed by atoms with Crippen LogP contribution in [0.25, 0.3) is 16.0 Å². The summed E-state index contributed by atoms with van der Waals surface area (Å²) in [6, 6.07) is 2.03. The van der Waals surface area contributed by atoms with Crippen molar-refractivity contribution in [1.82, 2.24) is 34.6 Å². The molecule has 6 rings (SSSR count). The lowest BCUT2D eigenvalue weighted by Crippen LogP contribution is -2.36. The molecule has 0 saturated carbocycles. The van der Waals surface area contributed by atoms with Crippen LogP contribution in [0.3, 0.4) is 0 Å². The lowest BCUT2D eigenvalue weighted by atomic mass is 9.85. The first-order valence-corrected chi connectivity index (χ1v) is 12.9. The monoisotopic (exact) mass is 509 g/mol. The van der Waals surface area contributed by atoms with Gasteiger partial charge >= 0.3 is 0 Å². The number of halogens is 1. The Morgan fingerprint density at radius 1 is 1.26 bits per heavy atom. The maximum absolute atomic E-state index is 12.9. The van der Waals surface area contributed by atoms with E-state index in [2.05, 4.69) is 30.4 Å². The molecule has 4 aromatic heterocycles. The van der Waals surface area contributed by atoms with E-state index >= 15 is 0 Å². The van der Waals surface area contributed by atoms with E-state index in [-0.39, 0.29) is 23.1 Å². The van der Waals surface area contributed by atoms with E-state index in [0.717, 1.165) is 71.5 Å². The van der Waals surface area contributed by atoms with Crippen LogP contribution in [0.1, 0.15) is 36.1 Å². The molecule has 180 valence electrons. The van der Waals surface area contributed by atoms with E-state index in [1.807, 2.05) is 23.3 Å². The average molecular weight is 510 g/mol. The van der Waals surface area contributed by atoms with Gasteiger partial charge in [0.25, 0.3) is 0 Å². The average Bonchev–Trinajstić information content (AvgIpc) is 3.59. The van der Waals surface area contributed by atoms with Crippen molar-refractivity contribution in [3.63, 3.8) is 0 Å². The minimum absolute atomic E-state index is 0.0183. The van der Waals surface area contributed by atoms with Gasteiger partial charge in [-0.3, -0.25) is 9.78 Å². The van der Waals surface area contributed by atoms with Crippen molar-refractivity contribution in [2.24, 2.45) is 5.92 Å². The van der Waals surface area contributed by atoms with Crippen molar-refractivity contribution in [3.8, 4) is 5.82 Å². The number of carbonyl (C=O) groups is 1. The summed E-state index contributed by atoms with van der Waals surface area (Å²) < 4.78 is 2.30. The summed E-state index contributed by atoms with van der Waals surface area (Å²) in [5.41, 5.74) is 10.8. The van der Waals surface area contributed by atoms with Gasteiger partial charge < -0.3 is 16.0 Å². The number of anilines is 3. The Bertz CT molecular complexity index is 1440. The SMILES string of the molecule is Cc1csc2c(-n3nc(Nc4cnc5c(c4)CC(C(=O)N4CCCC4)CC5)nc3N)nc(Cl)nc12. The van der Waals surface area contributed by atoms with Crippen LogP contribution in [-0.4, -0.2) is 53.6 Å². The summed E-state index contributed by atoms with van der Waals surface area (Å²) in [6.45, 7) is 3.73. The summed E-state index contributed by atoms with van der Waals surface area (Å²) in [5.74, 6) is 1.28. The fraction of sp³-hybridized carbons (Fsp3) is 0.391. The molecule has 5 heterocycles. The van der Waals surface area contributed by atoms with Crippen molar-refractivity contribution in [2.75, 3.05) is 24.1 Å². The van der Waals surface area contributed by atoms with Crippen molar-refractivity contribution >= 4 is 56.6 Å². The van der Waals surface area contributed by atoms with Gasteiger partial charge in [-0.05, 0) is 73.2 Å². The predicted octanol–water partition coefficient (Wildman–Crippen LogP) is 3.68. The first-order chi connectivity index (χ1) is 17.0. The van der Waals surface area contributed by atoms with Gasteiger partial charge in [-0.15, -0.1) is 16.4 Å². The number of carbonyl (C=O) groups excluding carboxylic acids is 1. The van der Waals surface area contributed by atoms with Gasteiger partial charge in [0.05, 0.1) is 22.1 Å². The maximum atomic E-state index is 12.9. The molecule has 1 amide bonds. The van der Waals surface area contributed by atoms with E-state index in [0.29, 0.717) is 18.2 Å². The Morgan fingerprint density at radius 2 is 2.09 bits per heavy atom. The van der Waals surface area contributed by atoms with E-state index in [9.17, 15) is 4.79 Å². The molecule has 4 aromatic rings. The fourth-order valence-corrected chi connectivity index (χ4v) is 6.02. The van der Waals surface area contributed by atoms with E-state index in [1.165, 1.54) is 16.0 Å². The summed E-state index contributed by atoms with van der Waals surface area (Å²) >= 11 is 7.67. The van der Waals surface area contributed by atoms with Crippen LogP contribution in [0.5, 0.6) is 0 Å². The summed E-state index contributed by atoms with van der Waals surface area (Å²) in [6.07, 6.45) is 6.33. The molecule has 0 bridgehead atoms. The number of nitrogens with zero attached hydrogens (tertiary/aromatic N) is 7. The van der Waals surface area contributed by atoms with Crippen LogP contribution in [0.15, 0.2) is 17.6 Å². The number of pyridine rings is 1. The molecule has 10 nitrogen and oxygen atoms in total. The van der Waals surface area contributed by atoms with Crippen LogP contribution in [-0.2, 0) is 17.6 Å². The molecule has 3 N–H and O–H groups in total. The fourth-order valence-electron chi connectivity index (χ4n) is 4.89. The van der Waals surface area contributed by atoms with Crippen LogP contribution in [0, 0.1) is 12.8 Å². The third-order valence-electron chi connectivity index (χ3n) is 6.66. The Balaban J connectivity index is 1.25. The van der Waals surface area contributed by atoms with Crippen molar-refractivity contribution in [1.29, 1.82) is 0 Å². The zero-order valence-electron chi connectivity index (χ0n) is 19.2. The number of aromatic nitrogens is 6. The number of rotatable bonds is 4. The highest BCUT2D eigenvalue weighted by Gasteiger charge is 2.30. The van der Waals surface area contributed by atoms with Crippen molar-refractivity contribution < 1.29 is 4.79 Å². The van der Waals surface area contributed by atoms with Gasteiger partial charge in [0.15, 0.2) is 5.82 Å². The standard InChI is InChI=1S/C23H24ClN9OS/c1-12-11-35-18-17(12)28-21(24)29-19(18)33-22(25)30-23(31-33)27-15-9-14-8-13(4-5-16(14)26-10-15)20(34)32-6-2-3-7-32/h9-11,13H,2-8H2,1H3,(H3,25,27,30,31). The Hall–Kier alpha value is -3.31. The molecule has 0 spiro atoms. The number of aryl methyl sites for hydroxylation is 2. The number of nitrogens with one attached hydrogen (secondary N) is 1. The number of hydrogen-bond acceptors (Lipinski definition) is 9. The van der Waals surface area contributed by atoms with Crippen LogP contribution in [0.4, 0.5) is 17.6 Å². The lowest BCUT2D eigenvalue weighted by Gasteiger charge is -2.27. The van der Waals surface area contributed by atoms with E-state index in [1.54, 1.807) is 6.20 Å². The molecule has 0 aromatic carbocycles. The van der Waals surface area contributed by atoms with Crippen LogP contribution in [0.2, 0.25) is 5.28 Å². The summed E-state index contributed by atoms with van der Waals surface area (Å²) in [4.78, 5) is 32.6. The maximum Gasteiger partial charge on any atom is 0.248 e. The van der Waals surface area contributed by atoms with Gasteiger partial charge in [0.2, 0.25) is 23.1 Å². The summed E-state index contributed by atoms with van der Waals surface area (Å²) in [5, 5.41) is 9.83. The summed E-state index contributed by atoms with van der Waals surface area (Å²) in [7, 11) is 0. The quantitative estimate of drug-likeness (QED) is 0.399. The molecular formula is C23H24ClN9OS. The second-order valence-electron chi connectivity index (χ2n) is 9.05. The first-order valence-electron chi connectivity index (χ1n) is 11.6. The molecule has 1 aliphatic carbocycles. The second-order valence-corrected chi connectivity index (χ2v) is 10.3. The number of amides is 1.